The Morgan fingerprint density at radius 2 is 1.86 bits per heavy atom. The number of thiazole rings is 1. The van der Waals surface area contributed by atoms with Gasteiger partial charge in [0.25, 0.3) is 0 Å². The van der Waals surface area contributed by atoms with Gasteiger partial charge in [-0.2, -0.15) is 0 Å². The molecule has 0 spiro atoms. The summed E-state index contributed by atoms with van der Waals surface area (Å²) in [6.45, 7) is 3.79. The molecule has 3 rings (SSSR count). The van der Waals surface area contributed by atoms with Crippen LogP contribution in [0.15, 0.2) is 46.7 Å². The summed E-state index contributed by atoms with van der Waals surface area (Å²) >= 11 is 1.45. The van der Waals surface area contributed by atoms with Crippen LogP contribution in [-0.4, -0.2) is 27.1 Å². The Kier molecular flexibility index (Phi) is 6.12. The lowest BCUT2D eigenvalue weighted by atomic mass is 10.1. The van der Waals surface area contributed by atoms with Gasteiger partial charge in [-0.15, -0.1) is 11.3 Å². The second kappa shape index (κ2) is 8.38. The van der Waals surface area contributed by atoms with Crippen molar-refractivity contribution >= 4 is 21.4 Å². The number of ether oxygens (including phenoxy) is 1. The summed E-state index contributed by atoms with van der Waals surface area (Å²) < 4.78 is 46.2. The van der Waals surface area contributed by atoms with Gasteiger partial charge in [0.2, 0.25) is 10.0 Å². The van der Waals surface area contributed by atoms with Gasteiger partial charge >= 0.3 is 0 Å². The number of sulfonamides is 1. The standard InChI is InChI=1S/C20H21FN2O3S2/c1-13-11-19(14(2)10-18(13)26-3)28(24,25)22-9-8-17-12-27-20(23-17)15-4-6-16(21)7-5-15/h4-7,10-12,22H,8-9H2,1-3H3. The van der Waals surface area contributed by atoms with Crippen molar-refractivity contribution in [1.82, 2.24) is 9.71 Å². The molecule has 0 bridgehead atoms. The number of nitrogens with one attached hydrogen (secondary N) is 1. The minimum atomic E-state index is -3.63. The van der Waals surface area contributed by atoms with Crippen molar-refractivity contribution in [1.29, 1.82) is 0 Å². The molecule has 0 fully saturated rings. The smallest absolute Gasteiger partial charge is 0.240 e. The summed E-state index contributed by atoms with van der Waals surface area (Å²) in [7, 11) is -2.07. The van der Waals surface area contributed by atoms with E-state index < -0.39 is 10.0 Å². The molecule has 0 saturated carbocycles. The van der Waals surface area contributed by atoms with E-state index in [0.29, 0.717) is 17.7 Å². The second-order valence-corrected chi connectivity index (χ2v) is 8.98. The Balaban J connectivity index is 1.66. The Morgan fingerprint density at radius 3 is 2.54 bits per heavy atom. The normalized spacial score (nSPS) is 11.6. The van der Waals surface area contributed by atoms with E-state index >= 15 is 0 Å². The highest BCUT2D eigenvalue weighted by atomic mass is 32.2. The maximum atomic E-state index is 13.0. The van der Waals surface area contributed by atoms with Crippen LogP contribution in [0.4, 0.5) is 4.39 Å². The Morgan fingerprint density at radius 1 is 1.14 bits per heavy atom. The first kappa shape index (κ1) is 20.4. The molecule has 0 atom stereocenters. The average molecular weight is 421 g/mol. The van der Waals surface area contributed by atoms with Crippen LogP contribution in [0.1, 0.15) is 16.8 Å². The number of hydrogen-bond acceptors (Lipinski definition) is 5. The Bertz CT molecular complexity index is 1080. The lowest BCUT2D eigenvalue weighted by Crippen LogP contribution is -2.26. The van der Waals surface area contributed by atoms with Crippen LogP contribution in [0.2, 0.25) is 0 Å². The third-order valence-corrected chi connectivity index (χ3v) is 6.84. The predicted octanol–water partition coefficient (Wildman–Crippen LogP) is 4.10. The van der Waals surface area contributed by atoms with Crippen molar-refractivity contribution in [2.24, 2.45) is 0 Å². The van der Waals surface area contributed by atoms with E-state index in [1.165, 1.54) is 23.5 Å². The molecule has 2 aromatic carbocycles. The molecule has 0 aliphatic carbocycles. The minimum Gasteiger partial charge on any atom is -0.496 e. The number of aromatic nitrogens is 1. The van der Waals surface area contributed by atoms with Gasteiger partial charge in [-0.3, -0.25) is 0 Å². The number of rotatable bonds is 7. The van der Waals surface area contributed by atoms with E-state index in [0.717, 1.165) is 21.8 Å². The van der Waals surface area contributed by atoms with Crippen LogP contribution in [0.5, 0.6) is 5.75 Å². The fourth-order valence-corrected chi connectivity index (χ4v) is 5.01. The molecule has 8 heteroatoms. The van der Waals surface area contributed by atoms with Crippen molar-refractivity contribution in [2.75, 3.05) is 13.7 Å². The molecule has 0 amide bonds. The molecule has 1 heterocycles. The first-order valence-electron chi connectivity index (χ1n) is 8.65. The van der Waals surface area contributed by atoms with Gasteiger partial charge in [0.1, 0.15) is 16.6 Å². The number of aryl methyl sites for hydroxylation is 2. The zero-order valence-electron chi connectivity index (χ0n) is 15.8. The van der Waals surface area contributed by atoms with Crippen LogP contribution in [0.25, 0.3) is 10.6 Å². The van der Waals surface area contributed by atoms with Crippen LogP contribution in [0.3, 0.4) is 0 Å². The van der Waals surface area contributed by atoms with Gasteiger partial charge in [0, 0.05) is 23.9 Å². The summed E-state index contributed by atoms with van der Waals surface area (Å²) in [5.41, 5.74) is 3.01. The molecule has 1 aromatic heterocycles. The number of halogens is 1. The van der Waals surface area contributed by atoms with Gasteiger partial charge in [0.05, 0.1) is 17.7 Å². The van der Waals surface area contributed by atoms with Crippen LogP contribution < -0.4 is 9.46 Å². The van der Waals surface area contributed by atoms with Gasteiger partial charge in [-0.05, 0) is 61.4 Å². The summed E-state index contributed by atoms with van der Waals surface area (Å²) in [6, 6.07) is 9.48. The van der Waals surface area contributed by atoms with Crippen molar-refractivity contribution in [2.45, 2.75) is 25.2 Å². The van der Waals surface area contributed by atoms with Gasteiger partial charge in [0.15, 0.2) is 0 Å². The largest absolute Gasteiger partial charge is 0.496 e. The molecular weight excluding hydrogens is 399 g/mol. The van der Waals surface area contributed by atoms with Gasteiger partial charge in [-0.1, -0.05) is 0 Å². The number of methoxy groups -OCH3 is 1. The van der Waals surface area contributed by atoms with E-state index in [1.807, 2.05) is 12.3 Å². The molecule has 1 N–H and O–H groups in total. The maximum Gasteiger partial charge on any atom is 0.240 e. The van der Waals surface area contributed by atoms with E-state index in [-0.39, 0.29) is 17.3 Å². The van der Waals surface area contributed by atoms with Crippen molar-refractivity contribution in [3.63, 3.8) is 0 Å². The van der Waals surface area contributed by atoms with Crippen molar-refractivity contribution in [3.05, 3.63) is 64.4 Å². The van der Waals surface area contributed by atoms with Gasteiger partial charge in [-0.25, -0.2) is 22.5 Å². The third-order valence-electron chi connectivity index (χ3n) is 4.30. The SMILES string of the molecule is COc1cc(C)c(S(=O)(=O)NCCc2csc(-c3ccc(F)cc3)n2)cc1C. The van der Waals surface area contributed by atoms with E-state index in [1.54, 1.807) is 38.3 Å². The maximum absolute atomic E-state index is 13.0. The topological polar surface area (TPSA) is 68.3 Å². The summed E-state index contributed by atoms with van der Waals surface area (Å²) in [5.74, 6) is 0.367. The fourth-order valence-electron chi connectivity index (χ4n) is 2.81. The van der Waals surface area contributed by atoms with Crippen LogP contribution >= 0.6 is 11.3 Å². The fraction of sp³-hybridized carbons (Fsp3) is 0.250. The van der Waals surface area contributed by atoms with E-state index in [2.05, 4.69) is 9.71 Å². The van der Waals surface area contributed by atoms with Crippen molar-refractivity contribution < 1.29 is 17.5 Å². The van der Waals surface area contributed by atoms with Crippen LogP contribution in [-0.2, 0) is 16.4 Å². The van der Waals surface area contributed by atoms with Crippen molar-refractivity contribution in [3.8, 4) is 16.3 Å². The number of nitrogens with zero attached hydrogens (tertiary/aromatic N) is 1. The average Bonchev–Trinajstić information content (AvgIpc) is 3.12. The highest BCUT2D eigenvalue weighted by Gasteiger charge is 2.18. The molecule has 0 saturated heterocycles. The molecule has 3 aromatic rings. The van der Waals surface area contributed by atoms with Crippen LogP contribution in [0, 0.1) is 19.7 Å². The summed E-state index contributed by atoms with van der Waals surface area (Å²) in [5, 5.41) is 2.66. The monoisotopic (exact) mass is 420 g/mol. The first-order valence-corrected chi connectivity index (χ1v) is 11.0. The predicted molar refractivity (Wildman–Crippen MR) is 109 cm³/mol. The molecule has 0 aliphatic heterocycles. The Labute approximate surface area is 168 Å². The first-order chi connectivity index (χ1) is 13.3. The number of hydrogen-bond donors (Lipinski definition) is 1. The highest BCUT2D eigenvalue weighted by molar-refractivity contribution is 7.89. The Hall–Kier alpha value is -2.29. The zero-order chi connectivity index (χ0) is 20.3. The second-order valence-electron chi connectivity index (χ2n) is 6.39. The molecule has 0 unspecified atom stereocenters. The molecule has 0 aliphatic rings. The summed E-state index contributed by atoms with van der Waals surface area (Å²) in [6.07, 6.45) is 0.463. The number of benzene rings is 2. The minimum absolute atomic E-state index is 0.236. The van der Waals surface area contributed by atoms with Gasteiger partial charge < -0.3 is 4.74 Å². The molecule has 5 nitrogen and oxygen atoms in total. The van der Waals surface area contributed by atoms with E-state index in [9.17, 15) is 12.8 Å². The molecule has 148 valence electrons. The highest BCUT2D eigenvalue weighted by Crippen LogP contribution is 2.26. The molecular formula is C20H21FN2O3S2. The molecule has 28 heavy (non-hydrogen) atoms. The van der Waals surface area contributed by atoms with E-state index in [4.69, 9.17) is 4.74 Å². The molecule has 0 radical (unpaired) electrons. The third kappa shape index (κ3) is 4.57. The quantitative estimate of drug-likeness (QED) is 0.625. The lowest BCUT2D eigenvalue weighted by Gasteiger charge is -2.12. The zero-order valence-corrected chi connectivity index (χ0v) is 17.5. The lowest BCUT2D eigenvalue weighted by molar-refractivity contribution is 0.411. The summed E-state index contributed by atoms with van der Waals surface area (Å²) in [4.78, 5) is 4.75.